The molecular formula is C15H10F3N3O. The summed E-state index contributed by atoms with van der Waals surface area (Å²) in [5, 5.41) is 2.51. The monoisotopic (exact) mass is 305 g/mol. The minimum atomic E-state index is -4.63. The molecule has 0 fully saturated rings. The predicted molar refractivity (Wildman–Crippen MR) is 77.1 cm³/mol. The van der Waals surface area contributed by atoms with E-state index in [2.05, 4.69) is 15.3 Å². The fraction of sp³-hybridized carbons (Fsp3) is 0.0667. The SMILES string of the molecule is O=c1cc(Nc2ccccc2)[nH]c2cncc(C(F)(F)F)c12. The van der Waals surface area contributed by atoms with Crippen LogP contribution in [0.3, 0.4) is 0 Å². The smallest absolute Gasteiger partial charge is 0.342 e. The average Bonchev–Trinajstić information content (AvgIpc) is 2.46. The quantitative estimate of drug-likeness (QED) is 0.759. The van der Waals surface area contributed by atoms with Gasteiger partial charge in [0, 0.05) is 18.0 Å². The number of aromatic amines is 1. The molecule has 0 aliphatic carbocycles. The Bertz CT molecular complexity index is 873. The van der Waals surface area contributed by atoms with Gasteiger partial charge in [-0.2, -0.15) is 13.2 Å². The molecule has 3 aromatic rings. The van der Waals surface area contributed by atoms with Crippen LogP contribution in [0.1, 0.15) is 5.56 Å². The van der Waals surface area contributed by atoms with E-state index in [0.717, 1.165) is 6.07 Å². The molecule has 0 unspecified atom stereocenters. The van der Waals surface area contributed by atoms with E-state index < -0.39 is 22.6 Å². The van der Waals surface area contributed by atoms with Crippen molar-refractivity contribution in [2.45, 2.75) is 6.18 Å². The fourth-order valence-corrected chi connectivity index (χ4v) is 2.16. The van der Waals surface area contributed by atoms with Gasteiger partial charge < -0.3 is 10.3 Å². The van der Waals surface area contributed by atoms with Gasteiger partial charge in [0.1, 0.15) is 5.82 Å². The molecule has 2 aromatic heterocycles. The third-order valence-corrected chi connectivity index (χ3v) is 3.10. The molecule has 112 valence electrons. The van der Waals surface area contributed by atoms with Gasteiger partial charge in [-0.3, -0.25) is 9.78 Å². The summed E-state index contributed by atoms with van der Waals surface area (Å²) >= 11 is 0. The van der Waals surface area contributed by atoms with Crippen molar-refractivity contribution in [1.82, 2.24) is 9.97 Å². The molecule has 0 amide bonds. The van der Waals surface area contributed by atoms with Gasteiger partial charge in [0.05, 0.1) is 22.7 Å². The zero-order valence-electron chi connectivity index (χ0n) is 11.1. The van der Waals surface area contributed by atoms with Crippen molar-refractivity contribution in [2.24, 2.45) is 0 Å². The lowest BCUT2D eigenvalue weighted by atomic mass is 10.1. The van der Waals surface area contributed by atoms with Gasteiger partial charge in [0.2, 0.25) is 0 Å². The molecular weight excluding hydrogens is 295 g/mol. The Balaban J connectivity index is 2.13. The number of alkyl halides is 3. The Morgan fingerprint density at radius 2 is 1.82 bits per heavy atom. The molecule has 4 nitrogen and oxygen atoms in total. The van der Waals surface area contributed by atoms with Gasteiger partial charge in [0.15, 0.2) is 5.43 Å². The average molecular weight is 305 g/mol. The highest BCUT2D eigenvalue weighted by Gasteiger charge is 2.34. The van der Waals surface area contributed by atoms with Gasteiger partial charge in [-0.1, -0.05) is 18.2 Å². The van der Waals surface area contributed by atoms with Crippen LogP contribution >= 0.6 is 0 Å². The van der Waals surface area contributed by atoms with Crippen LogP contribution in [-0.4, -0.2) is 9.97 Å². The largest absolute Gasteiger partial charge is 0.418 e. The van der Waals surface area contributed by atoms with Crippen molar-refractivity contribution in [2.75, 3.05) is 5.32 Å². The van der Waals surface area contributed by atoms with Gasteiger partial charge in [-0.15, -0.1) is 0 Å². The maximum atomic E-state index is 12.9. The van der Waals surface area contributed by atoms with Gasteiger partial charge >= 0.3 is 6.18 Å². The highest BCUT2D eigenvalue weighted by atomic mass is 19.4. The van der Waals surface area contributed by atoms with Crippen LogP contribution < -0.4 is 10.7 Å². The van der Waals surface area contributed by atoms with Crippen molar-refractivity contribution < 1.29 is 13.2 Å². The first-order chi connectivity index (χ1) is 10.4. The summed E-state index contributed by atoms with van der Waals surface area (Å²) in [5.41, 5.74) is -1.03. The maximum absolute atomic E-state index is 12.9. The van der Waals surface area contributed by atoms with Crippen LogP contribution in [0, 0.1) is 0 Å². The molecule has 7 heteroatoms. The number of benzene rings is 1. The molecule has 1 aromatic carbocycles. The molecule has 0 aliphatic heterocycles. The number of rotatable bonds is 2. The number of halogens is 3. The normalized spacial score (nSPS) is 11.6. The minimum Gasteiger partial charge on any atom is -0.342 e. The van der Waals surface area contributed by atoms with Crippen molar-refractivity contribution in [3.63, 3.8) is 0 Å². The second-order valence-electron chi connectivity index (χ2n) is 4.65. The zero-order valence-corrected chi connectivity index (χ0v) is 11.1. The second-order valence-corrected chi connectivity index (χ2v) is 4.65. The fourth-order valence-electron chi connectivity index (χ4n) is 2.16. The highest BCUT2D eigenvalue weighted by Crippen LogP contribution is 2.32. The van der Waals surface area contributed by atoms with Crippen molar-refractivity contribution in [3.8, 4) is 0 Å². The molecule has 0 saturated carbocycles. The summed E-state index contributed by atoms with van der Waals surface area (Å²) < 4.78 is 38.8. The van der Waals surface area contributed by atoms with E-state index in [0.29, 0.717) is 17.7 Å². The number of anilines is 2. The molecule has 22 heavy (non-hydrogen) atoms. The van der Waals surface area contributed by atoms with Gasteiger partial charge in [0.25, 0.3) is 0 Å². The van der Waals surface area contributed by atoms with E-state index in [4.69, 9.17) is 0 Å². The lowest BCUT2D eigenvalue weighted by Crippen LogP contribution is -2.14. The minimum absolute atomic E-state index is 0.0285. The molecule has 0 atom stereocenters. The first kappa shape index (κ1) is 14.1. The van der Waals surface area contributed by atoms with Crippen LogP contribution in [0.2, 0.25) is 0 Å². The molecule has 0 bridgehead atoms. The molecule has 0 aliphatic rings. The number of hydrogen-bond donors (Lipinski definition) is 2. The van der Waals surface area contributed by atoms with Crippen LogP contribution in [0.25, 0.3) is 10.9 Å². The number of aromatic nitrogens is 2. The van der Waals surface area contributed by atoms with Gasteiger partial charge in [-0.05, 0) is 12.1 Å². The number of fused-ring (bicyclic) bond motifs is 1. The van der Waals surface area contributed by atoms with E-state index in [1.807, 2.05) is 6.07 Å². The van der Waals surface area contributed by atoms with Crippen LogP contribution in [0.4, 0.5) is 24.7 Å². The molecule has 3 rings (SSSR count). The number of hydrogen-bond acceptors (Lipinski definition) is 3. The standard InChI is InChI=1S/C15H10F3N3O/c16-15(17,18)10-7-19-8-11-14(10)12(22)6-13(21-11)20-9-4-2-1-3-5-9/h1-8H,(H2,20,21,22). The number of nitrogens with one attached hydrogen (secondary N) is 2. The first-order valence-corrected chi connectivity index (χ1v) is 6.35. The lowest BCUT2D eigenvalue weighted by molar-refractivity contribution is -0.136. The van der Waals surface area contributed by atoms with Crippen LogP contribution in [0.5, 0.6) is 0 Å². The lowest BCUT2D eigenvalue weighted by Gasteiger charge is -2.11. The third kappa shape index (κ3) is 2.65. The molecule has 0 spiro atoms. The van der Waals surface area contributed by atoms with Crippen LogP contribution in [0.15, 0.2) is 53.6 Å². The summed E-state index contributed by atoms with van der Waals surface area (Å²) in [4.78, 5) is 18.4. The summed E-state index contributed by atoms with van der Waals surface area (Å²) in [5.74, 6) is 0.296. The predicted octanol–water partition coefficient (Wildman–Crippen LogP) is 3.69. The van der Waals surface area contributed by atoms with Crippen molar-refractivity contribution in [3.05, 3.63) is 64.6 Å². The first-order valence-electron chi connectivity index (χ1n) is 6.35. The summed E-state index contributed by atoms with van der Waals surface area (Å²) in [6.45, 7) is 0. The van der Waals surface area contributed by atoms with E-state index >= 15 is 0 Å². The maximum Gasteiger partial charge on any atom is 0.418 e. The summed E-state index contributed by atoms with van der Waals surface area (Å²) in [7, 11) is 0. The third-order valence-electron chi connectivity index (χ3n) is 3.10. The van der Waals surface area contributed by atoms with E-state index in [9.17, 15) is 18.0 Å². The number of H-pyrrole nitrogens is 1. The molecule has 2 heterocycles. The van der Waals surface area contributed by atoms with E-state index in [1.54, 1.807) is 24.3 Å². The van der Waals surface area contributed by atoms with Crippen molar-refractivity contribution in [1.29, 1.82) is 0 Å². The van der Waals surface area contributed by atoms with Gasteiger partial charge in [-0.25, -0.2) is 0 Å². The number of pyridine rings is 2. The Morgan fingerprint density at radius 1 is 1.09 bits per heavy atom. The zero-order chi connectivity index (χ0) is 15.7. The van der Waals surface area contributed by atoms with E-state index in [-0.39, 0.29) is 5.52 Å². The van der Waals surface area contributed by atoms with Crippen molar-refractivity contribution >= 4 is 22.4 Å². The highest BCUT2D eigenvalue weighted by molar-refractivity contribution is 5.83. The second kappa shape index (κ2) is 5.18. The Kier molecular flexibility index (Phi) is 3.32. The topological polar surface area (TPSA) is 57.8 Å². The Morgan fingerprint density at radius 3 is 2.50 bits per heavy atom. The molecule has 0 saturated heterocycles. The van der Waals surface area contributed by atoms with Crippen LogP contribution in [-0.2, 0) is 6.18 Å². The van der Waals surface area contributed by atoms with E-state index in [1.165, 1.54) is 6.20 Å². The number of nitrogens with zero attached hydrogens (tertiary/aromatic N) is 1. The summed E-state index contributed by atoms with van der Waals surface area (Å²) in [6.07, 6.45) is -2.78. The number of para-hydroxylation sites is 1. The summed E-state index contributed by atoms with van der Waals surface area (Å²) in [6, 6.07) is 10.1. The molecule has 0 radical (unpaired) electrons. The Hall–Kier alpha value is -2.83. The Labute approximate surface area is 122 Å². The molecule has 2 N–H and O–H groups in total.